The smallest absolute Gasteiger partial charge is 0.295 e. The molecule has 1 amide bonds. The number of likely N-dealkylation sites (N-methyl/N-ethyl adjacent to an activating group) is 1. The van der Waals surface area contributed by atoms with Gasteiger partial charge in [-0.1, -0.05) is 24.3 Å². The number of ketones is 1. The molecule has 0 aliphatic heterocycles. The third-order valence-corrected chi connectivity index (χ3v) is 5.20. The van der Waals surface area contributed by atoms with Crippen molar-refractivity contribution in [3.63, 3.8) is 0 Å². The molecule has 2 aromatic carbocycles. The summed E-state index contributed by atoms with van der Waals surface area (Å²) in [6.45, 7) is 6.07. The van der Waals surface area contributed by atoms with Gasteiger partial charge in [0.25, 0.3) is 11.7 Å². The molecule has 0 aliphatic carbocycles. The molecule has 1 heterocycles. The van der Waals surface area contributed by atoms with Crippen LogP contribution in [0.15, 0.2) is 48.5 Å². The number of benzene rings is 2. The first kappa shape index (κ1) is 22.1. The highest BCUT2D eigenvalue weighted by Crippen LogP contribution is 2.28. The number of amides is 1. The Bertz CT molecular complexity index is 1090. The van der Waals surface area contributed by atoms with Crippen molar-refractivity contribution in [2.45, 2.75) is 27.3 Å². The van der Waals surface area contributed by atoms with Crippen molar-refractivity contribution < 1.29 is 19.1 Å². The highest BCUT2D eigenvalue weighted by Gasteiger charge is 2.28. The van der Waals surface area contributed by atoms with E-state index in [0.717, 1.165) is 11.3 Å². The number of nitrogens with zero attached hydrogens (tertiary/aromatic N) is 3. The monoisotopic (exact) mass is 421 g/mol. The molecule has 0 unspecified atom stereocenters. The number of aromatic nitrogens is 2. The molecule has 0 spiro atoms. The highest BCUT2D eigenvalue weighted by molar-refractivity contribution is 6.43. The van der Waals surface area contributed by atoms with Crippen LogP contribution in [-0.4, -0.2) is 47.1 Å². The molecule has 0 bridgehead atoms. The van der Waals surface area contributed by atoms with E-state index in [1.54, 1.807) is 38.8 Å². The summed E-state index contributed by atoms with van der Waals surface area (Å²) < 4.78 is 12.3. The molecule has 7 heteroatoms. The fraction of sp³-hybridized carbons (Fsp3) is 0.292. The summed E-state index contributed by atoms with van der Waals surface area (Å²) in [7, 11) is 3.13. The third kappa shape index (κ3) is 4.45. The Balaban J connectivity index is 1.86. The molecule has 3 aromatic rings. The molecule has 3 rings (SSSR count). The zero-order valence-corrected chi connectivity index (χ0v) is 18.5. The van der Waals surface area contributed by atoms with Crippen LogP contribution in [0, 0.1) is 13.8 Å². The second-order valence-corrected chi connectivity index (χ2v) is 7.13. The molecule has 162 valence electrons. The minimum Gasteiger partial charge on any atom is -0.493 e. The Kier molecular flexibility index (Phi) is 6.74. The number of methoxy groups -OCH3 is 2. The number of hydrogen-bond donors (Lipinski definition) is 0. The maximum atomic E-state index is 13.2. The first-order valence-electron chi connectivity index (χ1n) is 10.1. The molecule has 0 fully saturated rings. The van der Waals surface area contributed by atoms with Gasteiger partial charge in [-0.2, -0.15) is 5.10 Å². The van der Waals surface area contributed by atoms with Gasteiger partial charge in [-0.15, -0.1) is 0 Å². The first-order valence-corrected chi connectivity index (χ1v) is 10.1. The Morgan fingerprint density at radius 2 is 1.68 bits per heavy atom. The summed E-state index contributed by atoms with van der Waals surface area (Å²) in [5.41, 5.74) is 3.20. The fourth-order valence-corrected chi connectivity index (χ4v) is 3.57. The molecule has 0 saturated heterocycles. The van der Waals surface area contributed by atoms with E-state index in [9.17, 15) is 9.59 Å². The number of ether oxygens (including phenoxy) is 2. The van der Waals surface area contributed by atoms with E-state index in [-0.39, 0.29) is 6.54 Å². The summed E-state index contributed by atoms with van der Waals surface area (Å²) in [4.78, 5) is 27.8. The van der Waals surface area contributed by atoms with Crippen LogP contribution >= 0.6 is 0 Å². The normalized spacial score (nSPS) is 10.6. The average Bonchev–Trinajstić information content (AvgIpc) is 3.10. The lowest BCUT2D eigenvalue weighted by Gasteiger charge is -2.21. The van der Waals surface area contributed by atoms with Crippen LogP contribution in [0.4, 0.5) is 0 Å². The van der Waals surface area contributed by atoms with Crippen molar-refractivity contribution >= 4 is 11.7 Å². The lowest BCUT2D eigenvalue weighted by Crippen LogP contribution is -2.36. The fourth-order valence-electron chi connectivity index (χ4n) is 3.57. The SMILES string of the molecule is CCN(Cc1ccc(OC)c(OC)c1)C(=O)C(=O)c1c(C)nn(-c2ccccc2)c1C. The van der Waals surface area contributed by atoms with Crippen molar-refractivity contribution in [3.05, 3.63) is 71.0 Å². The zero-order chi connectivity index (χ0) is 22.5. The van der Waals surface area contributed by atoms with Gasteiger partial charge in [-0.05, 0) is 50.6 Å². The second kappa shape index (κ2) is 9.47. The number of rotatable bonds is 8. The number of hydrogen-bond acceptors (Lipinski definition) is 5. The Morgan fingerprint density at radius 3 is 2.29 bits per heavy atom. The summed E-state index contributed by atoms with van der Waals surface area (Å²) in [5.74, 6) is 0.0672. The van der Waals surface area contributed by atoms with Crippen molar-refractivity contribution in [2.24, 2.45) is 0 Å². The summed E-state index contributed by atoms with van der Waals surface area (Å²) >= 11 is 0. The number of carbonyl (C=O) groups is 2. The predicted molar refractivity (Wildman–Crippen MR) is 118 cm³/mol. The van der Waals surface area contributed by atoms with Crippen LogP contribution in [0.25, 0.3) is 5.69 Å². The average molecular weight is 421 g/mol. The van der Waals surface area contributed by atoms with E-state index in [2.05, 4.69) is 5.10 Å². The highest BCUT2D eigenvalue weighted by atomic mass is 16.5. The quantitative estimate of drug-likeness (QED) is 0.409. The molecular weight excluding hydrogens is 394 g/mol. The van der Waals surface area contributed by atoms with Crippen LogP contribution < -0.4 is 9.47 Å². The van der Waals surface area contributed by atoms with E-state index in [1.165, 1.54) is 4.90 Å². The van der Waals surface area contributed by atoms with Gasteiger partial charge in [0.2, 0.25) is 0 Å². The van der Waals surface area contributed by atoms with Crippen LogP contribution in [0.1, 0.15) is 34.2 Å². The number of carbonyl (C=O) groups excluding carboxylic acids is 2. The van der Waals surface area contributed by atoms with Crippen LogP contribution in [0.3, 0.4) is 0 Å². The molecular formula is C24H27N3O4. The van der Waals surface area contributed by atoms with E-state index < -0.39 is 11.7 Å². The van der Waals surface area contributed by atoms with Gasteiger partial charge in [0, 0.05) is 13.1 Å². The lowest BCUT2D eigenvalue weighted by molar-refractivity contribution is -0.126. The first-order chi connectivity index (χ1) is 14.9. The molecule has 0 radical (unpaired) electrons. The van der Waals surface area contributed by atoms with E-state index >= 15 is 0 Å². The Labute approximate surface area is 182 Å². The number of aryl methyl sites for hydroxylation is 1. The van der Waals surface area contributed by atoms with Crippen molar-refractivity contribution in [1.29, 1.82) is 0 Å². The van der Waals surface area contributed by atoms with Crippen LogP contribution in [0.5, 0.6) is 11.5 Å². The van der Waals surface area contributed by atoms with Crippen LogP contribution in [-0.2, 0) is 11.3 Å². The summed E-state index contributed by atoms with van der Waals surface area (Å²) in [6, 6.07) is 15.0. The second-order valence-electron chi connectivity index (χ2n) is 7.13. The van der Waals surface area contributed by atoms with Gasteiger partial charge in [0.1, 0.15) is 0 Å². The molecule has 1 aromatic heterocycles. The largest absolute Gasteiger partial charge is 0.493 e. The molecule has 31 heavy (non-hydrogen) atoms. The van der Waals surface area contributed by atoms with Gasteiger partial charge in [0.15, 0.2) is 11.5 Å². The minimum absolute atomic E-state index is 0.284. The van der Waals surface area contributed by atoms with E-state index in [0.29, 0.717) is 35.0 Å². The van der Waals surface area contributed by atoms with Crippen LogP contribution in [0.2, 0.25) is 0 Å². The van der Waals surface area contributed by atoms with Gasteiger partial charge < -0.3 is 14.4 Å². The Hall–Kier alpha value is -3.61. The van der Waals surface area contributed by atoms with Crippen molar-refractivity contribution in [2.75, 3.05) is 20.8 Å². The topological polar surface area (TPSA) is 73.7 Å². The van der Waals surface area contributed by atoms with Crippen molar-refractivity contribution in [1.82, 2.24) is 14.7 Å². The number of Topliss-reactive ketones (excluding diaryl/α,β-unsaturated/α-hetero) is 1. The molecule has 0 saturated carbocycles. The summed E-state index contributed by atoms with van der Waals surface area (Å²) in [6.07, 6.45) is 0. The van der Waals surface area contributed by atoms with Gasteiger partial charge in [0.05, 0.1) is 36.9 Å². The minimum atomic E-state index is -0.559. The predicted octanol–water partition coefficient (Wildman–Crippen LogP) is 3.74. The van der Waals surface area contributed by atoms with Crippen molar-refractivity contribution in [3.8, 4) is 17.2 Å². The zero-order valence-electron chi connectivity index (χ0n) is 18.5. The van der Waals surface area contributed by atoms with Gasteiger partial charge >= 0.3 is 0 Å². The third-order valence-electron chi connectivity index (χ3n) is 5.20. The van der Waals surface area contributed by atoms with Gasteiger partial charge in [-0.3, -0.25) is 9.59 Å². The summed E-state index contributed by atoms with van der Waals surface area (Å²) in [5, 5.41) is 4.49. The molecule has 0 aliphatic rings. The lowest BCUT2D eigenvalue weighted by atomic mass is 10.1. The molecule has 0 N–H and O–H groups in total. The maximum absolute atomic E-state index is 13.2. The van der Waals surface area contributed by atoms with E-state index in [1.807, 2.05) is 49.4 Å². The Morgan fingerprint density at radius 1 is 1.00 bits per heavy atom. The number of para-hydroxylation sites is 1. The molecule has 7 nitrogen and oxygen atoms in total. The van der Waals surface area contributed by atoms with E-state index in [4.69, 9.17) is 9.47 Å². The maximum Gasteiger partial charge on any atom is 0.295 e. The van der Waals surface area contributed by atoms with Gasteiger partial charge in [-0.25, -0.2) is 4.68 Å². The molecule has 0 atom stereocenters. The standard InChI is InChI=1S/C24H27N3O4/c1-6-26(15-18-12-13-20(30-4)21(14-18)31-5)24(29)23(28)22-16(2)25-27(17(22)3)19-10-8-7-9-11-19/h7-14H,6,15H2,1-5H3.